The second kappa shape index (κ2) is 6.17. The van der Waals surface area contributed by atoms with Gasteiger partial charge >= 0.3 is 0 Å². The van der Waals surface area contributed by atoms with Gasteiger partial charge in [-0.25, -0.2) is 4.99 Å². The molecule has 22 heavy (non-hydrogen) atoms. The van der Waals surface area contributed by atoms with Crippen molar-refractivity contribution < 1.29 is 4.74 Å². The van der Waals surface area contributed by atoms with Crippen LogP contribution in [0.1, 0.15) is 43.3 Å². The minimum Gasteiger partial charge on any atom is -0.463 e. The zero-order valence-electron chi connectivity index (χ0n) is 13.2. The number of nitrogens with zero attached hydrogens (tertiary/aromatic N) is 1. The molecule has 0 radical (unpaired) electrons. The summed E-state index contributed by atoms with van der Waals surface area (Å²) in [5.41, 5.74) is 2.35. The van der Waals surface area contributed by atoms with Gasteiger partial charge in [-0.2, -0.15) is 0 Å². The molecule has 2 atom stereocenters. The number of aliphatic imine (C=N–C) groups is 1. The summed E-state index contributed by atoms with van der Waals surface area (Å²) in [4.78, 5) is 4.72. The molecule has 2 aromatic rings. The van der Waals surface area contributed by atoms with Crippen LogP contribution >= 0.6 is 11.8 Å². The third-order valence-corrected chi connectivity index (χ3v) is 4.58. The highest BCUT2D eigenvalue weighted by molar-refractivity contribution is 8.14. The van der Waals surface area contributed by atoms with Crippen molar-refractivity contribution in [1.82, 2.24) is 0 Å². The van der Waals surface area contributed by atoms with Crippen LogP contribution in [0.15, 0.2) is 65.7 Å². The molecule has 0 bridgehead atoms. The first-order chi connectivity index (χ1) is 10.5. The van der Waals surface area contributed by atoms with Crippen molar-refractivity contribution in [2.45, 2.75) is 37.7 Å². The number of thioether (sulfide) groups is 1. The molecule has 1 aliphatic heterocycles. The largest absolute Gasteiger partial charge is 0.463 e. The van der Waals surface area contributed by atoms with Crippen LogP contribution in [0.25, 0.3) is 0 Å². The number of rotatable bonds is 2. The number of benzene rings is 2. The Labute approximate surface area is 136 Å². The van der Waals surface area contributed by atoms with Crippen molar-refractivity contribution in [3.63, 3.8) is 0 Å². The molecular formula is C19H21NOS. The third-order valence-electron chi connectivity index (χ3n) is 3.41. The maximum absolute atomic E-state index is 6.20. The molecule has 1 aliphatic rings. The van der Waals surface area contributed by atoms with Crippen LogP contribution in [0.2, 0.25) is 0 Å². The van der Waals surface area contributed by atoms with Gasteiger partial charge in [0.1, 0.15) is 6.10 Å². The van der Waals surface area contributed by atoms with Crippen LogP contribution in [0.5, 0.6) is 0 Å². The predicted molar refractivity (Wildman–Crippen MR) is 94.2 cm³/mol. The Bertz CT molecular complexity index is 597. The summed E-state index contributed by atoms with van der Waals surface area (Å²) in [5, 5.41) is 1.03. The molecule has 2 nitrogen and oxygen atoms in total. The summed E-state index contributed by atoms with van der Waals surface area (Å²) in [5.74, 6) is 0. The molecule has 1 fully saturated rings. The summed E-state index contributed by atoms with van der Waals surface area (Å²) in [7, 11) is 0. The van der Waals surface area contributed by atoms with Crippen molar-refractivity contribution in [3.8, 4) is 0 Å². The normalized spacial score (nSPS) is 23.5. The van der Waals surface area contributed by atoms with Gasteiger partial charge in [-0.05, 0) is 31.9 Å². The Kier molecular flexibility index (Phi) is 4.25. The minimum absolute atomic E-state index is 0.00898. The lowest BCUT2D eigenvalue weighted by atomic mass is 10.0. The molecular weight excluding hydrogens is 290 g/mol. The van der Waals surface area contributed by atoms with Crippen LogP contribution < -0.4 is 0 Å². The monoisotopic (exact) mass is 311 g/mol. The Balaban J connectivity index is 1.96. The van der Waals surface area contributed by atoms with E-state index in [1.165, 1.54) is 11.1 Å². The van der Waals surface area contributed by atoms with E-state index in [2.05, 4.69) is 69.3 Å². The summed E-state index contributed by atoms with van der Waals surface area (Å²) >= 11 is 1.72. The van der Waals surface area contributed by atoms with Gasteiger partial charge in [0, 0.05) is 0 Å². The van der Waals surface area contributed by atoms with Crippen molar-refractivity contribution in [3.05, 3.63) is 71.8 Å². The molecule has 0 aromatic heterocycles. The second-order valence-corrected chi connectivity index (χ2v) is 7.54. The quantitative estimate of drug-likeness (QED) is 0.742. The van der Waals surface area contributed by atoms with Crippen molar-refractivity contribution >= 4 is 17.0 Å². The second-order valence-electron chi connectivity index (χ2n) is 6.45. The smallest absolute Gasteiger partial charge is 0.247 e. The maximum atomic E-state index is 6.20. The molecule has 114 valence electrons. The molecule has 1 heterocycles. The number of hydrogen-bond donors (Lipinski definition) is 0. The standard InChI is InChI=1S/C19H21NOS/c1-19(2,3)20-18-21-16(14-10-6-4-7-11-14)17(22-18)15-12-8-5-9-13-15/h4-13,16-17H,1-3H3. The van der Waals surface area contributed by atoms with Gasteiger partial charge in [0.15, 0.2) is 0 Å². The molecule has 0 N–H and O–H groups in total. The van der Waals surface area contributed by atoms with Gasteiger partial charge in [0.05, 0.1) is 10.8 Å². The average molecular weight is 311 g/mol. The first-order valence-electron chi connectivity index (χ1n) is 7.56. The third kappa shape index (κ3) is 3.53. The van der Waals surface area contributed by atoms with Gasteiger partial charge in [0.2, 0.25) is 5.23 Å². The highest BCUT2D eigenvalue weighted by atomic mass is 32.2. The van der Waals surface area contributed by atoms with Gasteiger partial charge < -0.3 is 4.74 Å². The lowest BCUT2D eigenvalue weighted by molar-refractivity contribution is 0.206. The van der Waals surface area contributed by atoms with E-state index >= 15 is 0 Å². The number of hydrogen-bond acceptors (Lipinski definition) is 3. The van der Waals surface area contributed by atoms with E-state index in [4.69, 9.17) is 9.73 Å². The molecule has 2 aromatic carbocycles. The fourth-order valence-electron chi connectivity index (χ4n) is 2.47. The molecule has 0 spiro atoms. The molecule has 0 amide bonds. The van der Waals surface area contributed by atoms with E-state index in [0.29, 0.717) is 0 Å². The first-order valence-corrected chi connectivity index (χ1v) is 8.44. The topological polar surface area (TPSA) is 21.6 Å². The van der Waals surface area contributed by atoms with Crippen LogP contribution in [0.3, 0.4) is 0 Å². The van der Waals surface area contributed by atoms with E-state index in [1.807, 2.05) is 12.1 Å². The fourth-order valence-corrected chi connectivity index (χ4v) is 3.80. The summed E-state index contributed by atoms with van der Waals surface area (Å²) in [6.45, 7) is 6.28. The van der Waals surface area contributed by atoms with Crippen LogP contribution in [-0.4, -0.2) is 10.8 Å². The Morgan fingerprint density at radius 3 is 1.95 bits per heavy atom. The van der Waals surface area contributed by atoms with Crippen LogP contribution in [0.4, 0.5) is 0 Å². The maximum Gasteiger partial charge on any atom is 0.247 e. The van der Waals surface area contributed by atoms with Gasteiger partial charge in [-0.3, -0.25) is 0 Å². The molecule has 1 saturated heterocycles. The zero-order chi connectivity index (χ0) is 15.6. The van der Waals surface area contributed by atoms with Gasteiger partial charge in [0.25, 0.3) is 0 Å². The summed E-state index contributed by atoms with van der Waals surface area (Å²) < 4.78 is 6.20. The Morgan fingerprint density at radius 2 is 1.41 bits per heavy atom. The zero-order valence-corrected chi connectivity index (χ0v) is 14.0. The van der Waals surface area contributed by atoms with Gasteiger partial charge in [-0.1, -0.05) is 72.4 Å². The van der Waals surface area contributed by atoms with Crippen LogP contribution in [0, 0.1) is 0 Å². The van der Waals surface area contributed by atoms with E-state index in [9.17, 15) is 0 Å². The molecule has 3 heteroatoms. The van der Waals surface area contributed by atoms with Crippen molar-refractivity contribution in [2.75, 3.05) is 0 Å². The minimum atomic E-state index is -0.130. The van der Waals surface area contributed by atoms with Crippen molar-refractivity contribution in [2.24, 2.45) is 4.99 Å². The number of ether oxygens (including phenoxy) is 1. The fraction of sp³-hybridized carbons (Fsp3) is 0.316. The van der Waals surface area contributed by atoms with Crippen molar-refractivity contribution in [1.29, 1.82) is 0 Å². The highest BCUT2D eigenvalue weighted by Gasteiger charge is 2.37. The first kappa shape index (κ1) is 15.2. The van der Waals surface area contributed by atoms with E-state index in [-0.39, 0.29) is 16.9 Å². The average Bonchev–Trinajstić information content (AvgIpc) is 2.91. The molecule has 0 aliphatic carbocycles. The SMILES string of the molecule is CC(C)(C)N=C1OC(c2ccccc2)C(c2ccccc2)S1. The van der Waals surface area contributed by atoms with E-state index < -0.39 is 0 Å². The van der Waals surface area contributed by atoms with Crippen LogP contribution in [-0.2, 0) is 4.74 Å². The highest BCUT2D eigenvalue weighted by Crippen LogP contribution is 2.49. The predicted octanol–water partition coefficient (Wildman–Crippen LogP) is 5.39. The Hall–Kier alpha value is -1.74. The van der Waals surface area contributed by atoms with E-state index in [0.717, 1.165) is 5.23 Å². The lowest BCUT2D eigenvalue weighted by Crippen LogP contribution is -2.13. The summed E-state index contributed by atoms with van der Waals surface area (Å²) in [6, 6.07) is 20.9. The Morgan fingerprint density at radius 1 is 0.864 bits per heavy atom. The molecule has 3 rings (SSSR count). The molecule has 0 saturated carbocycles. The molecule has 2 unspecified atom stereocenters. The summed E-state index contributed by atoms with van der Waals surface area (Å²) in [6.07, 6.45) is 0.00898. The van der Waals surface area contributed by atoms with E-state index in [1.54, 1.807) is 11.8 Å². The lowest BCUT2D eigenvalue weighted by Gasteiger charge is -2.17. The van der Waals surface area contributed by atoms with Gasteiger partial charge in [-0.15, -0.1) is 0 Å².